The van der Waals surface area contributed by atoms with Crippen LogP contribution in [0.1, 0.15) is 37.7 Å². The highest BCUT2D eigenvalue weighted by molar-refractivity contribution is 5.24. The molecule has 1 aromatic heterocycles. The maximum atomic E-state index is 5.22. The van der Waals surface area contributed by atoms with Crippen LogP contribution in [0.4, 0.5) is 0 Å². The van der Waals surface area contributed by atoms with E-state index in [0.717, 1.165) is 30.5 Å². The highest BCUT2D eigenvalue weighted by Crippen LogP contribution is 2.26. The summed E-state index contributed by atoms with van der Waals surface area (Å²) >= 11 is 0. The fraction of sp³-hybridized carbons (Fsp3) is 0.643. The Bertz CT molecular complexity index is 335. The van der Waals surface area contributed by atoms with Crippen molar-refractivity contribution in [1.82, 2.24) is 10.3 Å². The molecule has 3 heteroatoms. The molecule has 17 heavy (non-hydrogen) atoms. The Balaban J connectivity index is 1.70. The number of hydrogen-bond acceptors (Lipinski definition) is 3. The summed E-state index contributed by atoms with van der Waals surface area (Å²) in [5.74, 6) is 1.69. The number of hydrogen-bond donors (Lipinski definition) is 1. The Morgan fingerprint density at radius 3 is 3.00 bits per heavy atom. The van der Waals surface area contributed by atoms with E-state index in [1.54, 1.807) is 13.3 Å². The summed E-state index contributed by atoms with van der Waals surface area (Å²) in [4.78, 5) is 4.19. The summed E-state index contributed by atoms with van der Waals surface area (Å²) in [6, 6.07) is 4.02. The molecule has 1 aliphatic rings. The van der Waals surface area contributed by atoms with Crippen molar-refractivity contribution in [1.29, 1.82) is 0 Å². The van der Waals surface area contributed by atoms with Crippen LogP contribution in [0.25, 0.3) is 0 Å². The predicted molar refractivity (Wildman–Crippen MR) is 69.1 cm³/mol. The Morgan fingerprint density at radius 1 is 1.41 bits per heavy atom. The topological polar surface area (TPSA) is 34.1 Å². The summed E-state index contributed by atoms with van der Waals surface area (Å²) in [6.07, 6.45) is 8.79. The van der Waals surface area contributed by atoms with E-state index >= 15 is 0 Å². The summed E-state index contributed by atoms with van der Waals surface area (Å²) in [5, 5.41) is 3.48. The lowest BCUT2D eigenvalue weighted by Crippen LogP contribution is -2.17. The average molecular weight is 234 g/mol. The van der Waals surface area contributed by atoms with Crippen LogP contribution >= 0.6 is 0 Å². The number of ether oxygens (including phenoxy) is 1. The van der Waals surface area contributed by atoms with Crippen LogP contribution in [-0.2, 0) is 6.54 Å². The third kappa shape index (κ3) is 3.70. The van der Waals surface area contributed by atoms with Crippen molar-refractivity contribution in [3.63, 3.8) is 0 Å². The molecule has 2 rings (SSSR count). The van der Waals surface area contributed by atoms with Crippen molar-refractivity contribution < 1.29 is 4.74 Å². The zero-order chi connectivity index (χ0) is 11.9. The first-order valence-corrected chi connectivity index (χ1v) is 6.58. The van der Waals surface area contributed by atoms with Gasteiger partial charge in [-0.3, -0.25) is 0 Å². The molecule has 0 aliphatic heterocycles. The molecule has 1 fully saturated rings. The molecule has 0 radical (unpaired) electrons. The second kappa shape index (κ2) is 6.60. The summed E-state index contributed by atoms with van der Waals surface area (Å²) in [6.45, 7) is 1.95. The minimum absolute atomic E-state index is 0.737. The van der Waals surface area contributed by atoms with Gasteiger partial charge in [0.2, 0.25) is 5.88 Å². The number of nitrogens with zero attached hydrogens (tertiary/aromatic N) is 1. The minimum Gasteiger partial charge on any atom is -0.481 e. The average Bonchev–Trinajstić information content (AvgIpc) is 2.88. The third-order valence-corrected chi connectivity index (χ3v) is 3.56. The molecule has 0 aromatic carbocycles. The van der Waals surface area contributed by atoms with Gasteiger partial charge >= 0.3 is 0 Å². The van der Waals surface area contributed by atoms with Crippen LogP contribution in [0.5, 0.6) is 5.88 Å². The molecule has 3 nitrogen and oxygen atoms in total. The minimum atomic E-state index is 0.737. The first-order chi connectivity index (χ1) is 8.40. The van der Waals surface area contributed by atoms with Crippen molar-refractivity contribution in [2.75, 3.05) is 13.7 Å². The van der Waals surface area contributed by atoms with Gasteiger partial charge in [0.25, 0.3) is 0 Å². The normalized spacial score (nSPS) is 16.3. The first-order valence-electron chi connectivity index (χ1n) is 6.58. The lowest BCUT2D eigenvalue weighted by Gasteiger charge is -2.11. The van der Waals surface area contributed by atoms with Crippen LogP contribution in [0, 0.1) is 5.92 Å². The standard InChI is InChI=1S/C14H22N2O/c1-17-14-13(7-4-9-16-14)11-15-10-8-12-5-2-3-6-12/h4,7,9,12,15H,2-3,5-6,8,10-11H2,1H3. The predicted octanol–water partition coefficient (Wildman–Crippen LogP) is 2.76. The second-order valence-corrected chi connectivity index (χ2v) is 4.79. The zero-order valence-electron chi connectivity index (χ0n) is 10.6. The number of methoxy groups -OCH3 is 1. The van der Waals surface area contributed by atoms with Crippen molar-refractivity contribution in [2.24, 2.45) is 5.92 Å². The Morgan fingerprint density at radius 2 is 2.24 bits per heavy atom. The molecule has 0 unspecified atom stereocenters. The fourth-order valence-corrected chi connectivity index (χ4v) is 2.57. The van der Waals surface area contributed by atoms with E-state index in [1.165, 1.54) is 32.1 Å². The van der Waals surface area contributed by atoms with Crippen molar-refractivity contribution in [3.8, 4) is 5.88 Å². The number of aromatic nitrogens is 1. The monoisotopic (exact) mass is 234 g/mol. The van der Waals surface area contributed by atoms with Gasteiger partial charge in [0.1, 0.15) is 0 Å². The van der Waals surface area contributed by atoms with Crippen LogP contribution in [0.15, 0.2) is 18.3 Å². The summed E-state index contributed by atoms with van der Waals surface area (Å²) in [5.41, 5.74) is 1.14. The largest absolute Gasteiger partial charge is 0.481 e. The zero-order valence-corrected chi connectivity index (χ0v) is 10.6. The summed E-state index contributed by atoms with van der Waals surface area (Å²) < 4.78 is 5.22. The van der Waals surface area contributed by atoms with Crippen LogP contribution in [0.3, 0.4) is 0 Å². The molecule has 1 saturated carbocycles. The lowest BCUT2D eigenvalue weighted by molar-refractivity contribution is 0.389. The third-order valence-electron chi connectivity index (χ3n) is 3.56. The van der Waals surface area contributed by atoms with Crippen LogP contribution in [0.2, 0.25) is 0 Å². The quantitative estimate of drug-likeness (QED) is 0.768. The van der Waals surface area contributed by atoms with E-state index in [2.05, 4.69) is 16.4 Å². The van der Waals surface area contributed by atoms with E-state index < -0.39 is 0 Å². The SMILES string of the molecule is COc1ncccc1CNCCC1CCCC1. The molecule has 94 valence electrons. The molecule has 1 N–H and O–H groups in total. The Kier molecular flexibility index (Phi) is 4.80. The highest BCUT2D eigenvalue weighted by atomic mass is 16.5. The van der Waals surface area contributed by atoms with Crippen molar-refractivity contribution >= 4 is 0 Å². The van der Waals surface area contributed by atoms with Crippen LogP contribution in [-0.4, -0.2) is 18.6 Å². The second-order valence-electron chi connectivity index (χ2n) is 4.79. The number of pyridine rings is 1. The van der Waals surface area contributed by atoms with Gasteiger partial charge in [-0.25, -0.2) is 4.98 Å². The fourth-order valence-electron chi connectivity index (χ4n) is 2.57. The Hall–Kier alpha value is -1.09. The maximum Gasteiger partial charge on any atom is 0.217 e. The van der Waals surface area contributed by atoms with Gasteiger partial charge in [0.15, 0.2) is 0 Å². The molecule has 1 aliphatic carbocycles. The smallest absolute Gasteiger partial charge is 0.217 e. The Labute approximate surface area is 104 Å². The van der Waals surface area contributed by atoms with Crippen molar-refractivity contribution in [3.05, 3.63) is 23.9 Å². The van der Waals surface area contributed by atoms with Crippen LogP contribution < -0.4 is 10.1 Å². The van der Waals surface area contributed by atoms with Gasteiger partial charge in [-0.05, 0) is 24.9 Å². The van der Waals surface area contributed by atoms with Gasteiger partial charge in [0, 0.05) is 18.3 Å². The van der Waals surface area contributed by atoms with Gasteiger partial charge in [-0.1, -0.05) is 31.7 Å². The molecule has 0 saturated heterocycles. The van der Waals surface area contributed by atoms with E-state index in [9.17, 15) is 0 Å². The van der Waals surface area contributed by atoms with Gasteiger partial charge < -0.3 is 10.1 Å². The summed E-state index contributed by atoms with van der Waals surface area (Å²) in [7, 11) is 1.67. The first kappa shape index (κ1) is 12.4. The lowest BCUT2D eigenvalue weighted by atomic mass is 10.0. The molecule has 1 aromatic rings. The molecule has 0 atom stereocenters. The van der Waals surface area contributed by atoms with Gasteiger partial charge in [-0.15, -0.1) is 0 Å². The van der Waals surface area contributed by atoms with E-state index in [1.807, 2.05) is 6.07 Å². The van der Waals surface area contributed by atoms with E-state index in [0.29, 0.717) is 0 Å². The number of rotatable bonds is 6. The molecule has 1 heterocycles. The van der Waals surface area contributed by atoms with E-state index in [-0.39, 0.29) is 0 Å². The van der Waals surface area contributed by atoms with Crippen molar-refractivity contribution in [2.45, 2.75) is 38.6 Å². The molecule has 0 bridgehead atoms. The van der Waals surface area contributed by atoms with Gasteiger partial charge in [-0.2, -0.15) is 0 Å². The maximum absolute atomic E-state index is 5.22. The molecule has 0 amide bonds. The molecular weight excluding hydrogens is 212 g/mol. The highest BCUT2D eigenvalue weighted by Gasteiger charge is 2.14. The number of nitrogens with one attached hydrogen (secondary N) is 1. The van der Waals surface area contributed by atoms with E-state index in [4.69, 9.17) is 4.74 Å². The molecular formula is C14H22N2O. The molecule has 0 spiro atoms. The van der Waals surface area contributed by atoms with Gasteiger partial charge in [0.05, 0.1) is 7.11 Å².